The van der Waals surface area contributed by atoms with E-state index in [0.717, 1.165) is 0 Å². The Morgan fingerprint density at radius 1 is 1.64 bits per heavy atom. The number of hydrogen-bond acceptors (Lipinski definition) is 3. The molecule has 0 spiro atoms. The Morgan fingerprint density at radius 2 is 2.29 bits per heavy atom. The molecule has 4 nitrogen and oxygen atoms in total. The van der Waals surface area contributed by atoms with E-state index < -0.39 is 4.92 Å². The van der Waals surface area contributed by atoms with Crippen molar-refractivity contribution in [3.05, 3.63) is 38.4 Å². The molecule has 0 heterocycles. The first-order chi connectivity index (χ1) is 6.60. The highest BCUT2D eigenvalue weighted by molar-refractivity contribution is 9.08. The van der Waals surface area contributed by atoms with Crippen LogP contribution in [0.25, 0.3) is 0 Å². The summed E-state index contributed by atoms with van der Waals surface area (Å²) in [6.45, 7) is 0. The molecule has 0 saturated heterocycles. The van der Waals surface area contributed by atoms with Crippen molar-refractivity contribution < 1.29 is 4.92 Å². The molecule has 0 unspecified atom stereocenters. The Morgan fingerprint density at radius 3 is 2.71 bits per heavy atom. The van der Waals surface area contributed by atoms with Gasteiger partial charge in [0.1, 0.15) is 5.02 Å². The Labute approximate surface area is 93.4 Å². The minimum absolute atomic E-state index is 0.0174. The normalized spacial score (nSPS) is 9.50. The lowest BCUT2D eigenvalue weighted by Gasteiger charge is -2.00. The zero-order valence-electron chi connectivity index (χ0n) is 6.83. The van der Waals surface area contributed by atoms with Gasteiger partial charge in [0.05, 0.1) is 16.6 Å². The number of hydrogen-bond donors (Lipinski definition) is 0. The van der Waals surface area contributed by atoms with E-state index in [0.29, 0.717) is 16.5 Å². The molecular weight excluding hydrogens is 271 g/mol. The van der Waals surface area contributed by atoms with Gasteiger partial charge in [-0.05, 0) is 11.6 Å². The largest absolute Gasteiger partial charge is 0.288 e. The highest BCUT2D eigenvalue weighted by Crippen LogP contribution is 2.28. The van der Waals surface area contributed by atoms with Crippen LogP contribution in [0.4, 0.5) is 5.69 Å². The second-order valence-electron chi connectivity index (χ2n) is 2.46. The lowest BCUT2D eigenvalue weighted by molar-refractivity contribution is -0.384. The van der Waals surface area contributed by atoms with Crippen LogP contribution in [0.1, 0.15) is 11.1 Å². The van der Waals surface area contributed by atoms with Gasteiger partial charge in [0.15, 0.2) is 0 Å². The van der Waals surface area contributed by atoms with Crippen molar-refractivity contribution in [2.75, 3.05) is 0 Å². The molecule has 0 saturated carbocycles. The van der Waals surface area contributed by atoms with Gasteiger partial charge in [0.25, 0.3) is 5.69 Å². The van der Waals surface area contributed by atoms with Crippen LogP contribution in [0.15, 0.2) is 12.1 Å². The van der Waals surface area contributed by atoms with Gasteiger partial charge >= 0.3 is 0 Å². The van der Waals surface area contributed by atoms with Crippen LogP contribution < -0.4 is 0 Å². The predicted octanol–water partition coefficient (Wildman–Crippen LogP) is 3.01. The van der Waals surface area contributed by atoms with Gasteiger partial charge in [0.2, 0.25) is 0 Å². The molecule has 0 aromatic heterocycles. The molecule has 72 valence electrons. The molecule has 0 bridgehead atoms. The first-order valence-electron chi connectivity index (χ1n) is 3.53. The fourth-order valence-corrected chi connectivity index (χ4v) is 1.66. The van der Waals surface area contributed by atoms with E-state index in [-0.39, 0.29) is 10.7 Å². The molecule has 0 aliphatic rings. The molecule has 0 N–H and O–H groups in total. The minimum atomic E-state index is -0.574. The summed E-state index contributed by atoms with van der Waals surface area (Å²) < 4.78 is 0. The number of rotatable bonds is 2. The van der Waals surface area contributed by atoms with Crippen molar-refractivity contribution in [1.29, 1.82) is 5.26 Å². The maximum atomic E-state index is 10.5. The van der Waals surface area contributed by atoms with Gasteiger partial charge in [-0.15, -0.1) is 0 Å². The van der Waals surface area contributed by atoms with Crippen molar-refractivity contribution in [2.45, 2.75) is 5.33 Å². The Hall–Kier alpha value is -1.12. The first-order valence-corrected chi connectivity index (χ1v) is 5.03. The summed E-state index contributed by atoms with van der Waals surface area (Å²) in [7, 11) is 0. The number of alkyl halides is 1. The maximum Gasteiger partial charge on any atom is 0.288 e. The second-order valence-corrected chi connectivity index (χ2v) is 3.43. The molecule has 0 aliphatic heterocycles. The van der Waals surface area contributed by atoms with Crippen LogP contribution in [0.2, 0.25) is 5.02 Å². The number of benzene rings is 1. The van der Waals surface area contributed by atoms with Crippen LogP contribution in [-0.4, -0.2) is 4.92 Å². The topological polar surface area (TPSA) is 66.9 Å². The highest BCUT2D eigenvalue weighted by Gasteiger charge is 2.15. The van der Waals surface area contributed by atoms with Gasteiger partial charge < -0.3 is 0 Å². The zero-order chi connectivity index (χ0) is 10.7. The average molecular weight is 275 g/mol. The van der Waals surface area contributed by atoms with Crippen LogP contribution >= 0.6 is 27.5 Å². The molecule has 0 radical (unpaired) electrons. The monoisotopic (exact) mass is 274 g/mol. The van der Waals surface area contributed by atoms with Gasteiger partial charge in [-0.25, -0.2) is 0 Å². The van der Waals surface area contributed by atoms with E-state index >= 15 is 0 Å². The maximum absolute atomic E-state index is 10.5. The summed E-state index contributed by atoms with van der Waals surface area (Å²) in [6.07, 6.45) is 0. The van der Waals surface area contributed by atoms with Gasteiger partial charge in [-0.2, -0.15) is 5.26 Å². The Kier molecular flexibility index (Phi) is 3.44. The lowest BCUT2D eigenvalue weighted by Crippen LogP contribution is -1.93. The summed E-state index contributed by atoms with van der Waals surface area (Å²) in [6, 6.07) is 4.52. The van der Waals surface area contributed by atoms with Crippen LogP contribution in [-0.2, 0) is 5.33 Å². The summed E-state index contributed by atoms with van der Waals surface area (Å²) in [4.78, 5) is 9.94. The van der Waals surface area contributed by atoms with Crippen LogP contribution in [0.3, 0.4) is 0 Å². The fourth-order valence-electron chi connectivity index (χ4n) is 0.960. The van der Waals surface area contributed by atoms with E-state index in [1.165, 1.54) is 12.1 Å². The zero-order valence-corrected chi connectivity index (χ0v) is 9.17. The first kappa shape index (κ1) is 11.0. The molecule has 0 aliphatic carbocycles. The van der Waals surface area contributed by atoms with Crippen molar-refractivity contribution in [3.8, 4) is 6.07 Å². The van der Waals surface area contributed by atoms with E-state index in [9.17, 15) is 10.1 Å². The van der Waals surface area contributed by atoms with E-state index in [4.69, 9.17) is 16.9 Å². The number of halogens is 2. The van der Waals surface area contributed by atoms with Gasteiger partial charge in [0, 0.05) is 11.4 Å². The molecule has 6 heteroatoms. The summed E-state index contributed by atoms with van der Waals surface area (Å²) in [5.74, 6) is 0. The highest BCUT2D eigenvalue weighted by atomic mass is 79.9. The second kappa shape index (κ2) is 4.40. The number of nitrogens with zero attached hydrogens (tertiary/aromatic N) is 2. The number of nitro groups is 1. The molecule has 0 atom stereocenters. The van der Waals surface area contributed by atoms with Crippen molar-refractivity contribution in [2.24, 2.45) is 0 Å². The standard InChI is InChI=1S/C8H4BrClN2O2/c9-3-5-2-8(12(13)14)7(10)1-6(5)4-11/h1-2H,3H2. The van der Waals surface area contributed by atoms with Gasteiger partial charge in [-0.1, -0.05) is 27.5 Å². The average Bonchev–Trinajstić information content (AvgIpc) is 2.16. The fraction of sp³-hybridized carbons (Fsp3) is 0.125. The van der Waals surface area contributed by atoms with E-state index in [2.05, 4.69) is 15.9 Å². The molecule has 14 heavy (non-hydrogen) atoms. The van der Waals surface area contributed by atoms with E-state index in [1.54, 1.807) is 0 Å². The quantitative estimate of drug-likeness (QED) is 0.473. The predicted molar refractivity (Wildman–Crippen MR) is 55.5 cm³/mol. The third kappa shape index (κ3) is 2.03. The summed E-state index contributed by atoms with van der Waals surface area (Å²) >= 11 is 8.76. The Balaban J connectivity index is 3.39. The van der Waals surface area contributed by atoms with Crippen molar-refractivity contribution >= 4 is 33.2 Å². The molecule has 0 fully saturated rings. The lowest BCUT2D eigenvalue weighted by atomic mass is 10.1. The van der Waals surface area contributed by atoms with Gasteiger partial charge in [-0.3, -0.25) is 10.1 Å². The van der Waals surface area contributed by atoms with Crippen molar-refractivity contribution in [3.63, 3.8) is 0 Å². The minimum Gasteiger partial charge on any atom is -0.258 e. The van der Waals surface area contributed by atoms with Crippen molar-refractivity contribution in [1.82, 2.24) is 0 Å². The molecule has 0 amide bonds. The van der Waals surface area contributed by atoms with Crippen LogP contribution in [0.5, 0.6) is 0 Å². The summed E-state index contributed by atoms with van der Waals surface area (Å²) in [5.41, 5.74) is 0.723. The third-order valence-electron chi connectivity index (χ3n) is 1.63. The van der Waals surface area contributed by atoms with E-state index in [1.807, 2.05) is 6.07 Å². The number of nitro benzene ring substituents is 1. The number of nitriles is 1. The smallest absolute Gasteiger partial charge is 0.258 e. The molecule has 1 aromatic carbocycles. The SMILES string of the molecule is N#Cc1cc(Cl)c([N+](=O)[O-])cc1CBr. The molecular formula is C8H4BrClN2O2. The van der Waals surface area contributed by atoms with Crippen LogP contribution in [0, 0.1) is 21.4 Å². The Bertz CT molecular complexity index is 428. The summed E-state index contributed by atoms with van der Waals surface area (Å²) in [5, 5.41) is 19.6. The molecule has 1 aromatic rings. The third-order valence-corrected chi connectivity index (χ3v) is 2.54. The molecule has 1 rings (SSSR count).